The maximum absolute atomic E-state index is 13.3. The number of rotatable bonds is 11. The monoisotopic (exact) mass is 515 g/mol. The number of hydrazone groups is 1. The third-order valence-corrected chi connectivity index (χ3v) is 6.92. The van der Waals surface area contributed by atoms with E-state index in [-0.39, 0.29) is 11.4 Å². The predicted molar refractivity (Wildman–Crippen MR) is 135 cm³/mol. The second-order valence-electron chi connectivity index (χ2n) is 7.35. The maximum atomic E-state index is 13.3. The van der Waals surface area contributed by atoms with E-state index in [1.807, 2.05) is 13.0 Å². The predicted octanol–water partition coefficient (Wildman–Crippen LogP) is 4.09. The molecule has 0 atom stereocenters. The Hall–Kier alpha value is -3.40. The van der Waals surface area contributed by atoms with Gasteiger partial charge in [0.1, 0.15) is 0 Å². The fourth-order valence-corrected chi connectivity index (χ4v) is 4.69. The fraction of sp³-hybridized carbons (Fsp3) is 0.200. The molecule has 1 amide bonds. The van der Waals surface area contributed by atoms with E-state index in [1.54, 1.807) is 42.5 Å². The van der Waals surface area contributed by atoms with Gasteiger partial charge in [-0.1, -0.05) is 41.9 Å². The molecule has 0 saturated heterocycles. The number of ether oxygens (including phenoxy) is 2. The number of benzene rings is 3. The van der Waals surface area contributed by atoms with Gasteiger partial charge in [0.25, 0.3) is 5.91 Å². The molecule has 0 spiro atoms. The molecule has 3 aromatic carbocycles. The number of nitrogens with one attached hydrogen (secondary N) is 1. The Morgan fingerprint density at radius 3 is 2.43 bits per heavy atom. The molecule has 0 unspecified atom stereocenters. The first-order valence-corrected chi connectivity index (χ1v) is 12.6. The Morgan fingerprint density at radius 2 is 1.77 bits per heavy atom. The van der Waals surface area contributed by atoms with Crippen molar-refractivity contribution in [1.29, 1.82) is 0 Å². The molecule has 0 aliphatic carbocycles. The van der Waals surface area contributed by atoms with E-state index in [9.17, 15) is 13.2 Å². The molecule has 0 aromatic heterocycles. The largest absolute Gasteiger partial charge is 0.493 e. The topological polar surface area (TPSA) is 97.3 Å². The van der Waals surface area contributed by atoms with E-state index >= 15 is 0 Å². The summed E-state index contributed by atoms with van der Waals surface area (Å²) in [6, 6.07) is 20.0. The first-order valence-electron chi connectivity index (χ1n) is 10.8. The maximum Gasteiger partial charge on any atom is 0.255 e. The van der Waals surface area contributed by atoms with Crippen LogP contribution in [0, 0.1) is 0 Å². The summed E-state index contributed by atoms with van der Waals surface area (Å²) in [5.74, 6) is 0.540. The lowest BCUT2D eigenvalue weighted by molar-refractivity contribution is -0.121. The van der Waals surface area contributed by atoms with Gasteiger partial charge in [-0.15, -0.1) is 0 Å². The van der Waals surface area contributed by atoms with Gasteiger partial charge in [-0.05, 0) is 60.5 Å². The van der Waals surface area contributed by atoms with Crippen LogP contribution in [0.5, 0.6) is 11.5 Å². The third kappa shape index (κ3) is 7.29. The van der Waals surface area contributed by atoms with Gasteiger partial charge in [0.05, 0.1) is 31.4 Å². The van der Waals surface area contributed by atoms with E-state index in [1.165, 1.54) is 37.6 Å². The van der Waals surface area contributed by atoms with Crippen LogP contribution >= 0.6 is 11.6 Å². The molecule has 184 valence electrons. The molecule has 0 radical (unpaired) electrons. The smallest absolute Gasteiger partial charge is 0.255 e. The number of sulfonamides is 1. The molecule has 10 heteroatoms. The zero-order chi connectivity index (χ0) is 25.3. The van der Waals surface area contributed by atoms with Crippen molar-refractivity contribution >= 4 is 33.7 Å². The quantitative estimate of drug-likeness (QED) is 0.306. The van der Waals surface area contributed by atoms with Crippen molar-refractivity contribution < 1.29 is 22.7 Å². The van der Waals surface area contributed by atoms with E-state index in [4.69, 9.17) is 21.1 Å². The first-order chi connectivity index (χ1) is 16.8. The lowest BCUT2D eigenvalue weighted by Gasteiger charge is -2.21. The minimum Gasteiger partial charge on any atom is -0.493 e. The SMILES string of the molecule is CCOc1ccc(/C=N\NC(=O)CN(Cc2ccccc2)S(=O)(=O)c2ccc(Cl)cc2)cc1OC. The Labute approximate surface area is 210 Å². The summed E-state index contributed by atoms with van der Waals surface area (Å²) in [5.41, 5.74) is 3.79. The number of nitrogens with zero attached hydrogens (tertiary/aromatic N) is 2. The molecular weight excluding hydrogens is 490 g/mol. The zero-order valence-corrected chi connectivity index (χ0v) is 20.9. The Morgan fingerprint density at radius 1 is 1.06 bits per heavy atom. The number of halogens is 1. The van der Waals surface area contributed by atoms with Crippen LogP contribution in [0.2, 0.25) is 5.02 Å². The molecule has 0 saturated carbocycles. The summed E-state index contributed by atoms with van der Waals surface area (Å²) in [6.07, 6.45) is 1.44. The molecule has 0 heterocycles. The van der Waals surface area contributed by atoms with Gasteiger partial charge in [-0.2, -0.15) is 9.41 Å². The molecule has 8 nitrogen and oxygen atoms in total. The lowest BCUT2D eigenvalue weighted by atomic mass is 10.2. The van der Waals surface area contributed by atoms with Crippen molar-refractivity contribution in [2.75, 3.05) is 20.3 Å². The van der Waals surface area contributed by atoms with Gasteiger partial charge < -0.3 is 9.47 Å². The second kappa shape index (κ2) is 12.3. The van der Waals surface area contributed by atoms with Gasteiger partial charge in [0.2, 0.25) is 10.0 Å². The first kappa shape index (κ1) is 26.2. The second-order valence-corrected chi connectivity index (χ2v) is 9.72. The van der Waals surface area contributed by atoms with E-state index in [0.717, 1.165) is 9.87 Å². The van der Waals surface area contributed by atoms with Crippen molar-refractivity contribution in [3.8, 4) is 11.5 Å². The van der Waals surface area contributed by atoms with Gasteiger partial charge in [0, 0.05) is 11.6 Å². The normalized spacial score (nSPS) is 11.5. The average Bonchev–Trinajstić information content (AvgIpc) is 2.85. The number of carbonyl (C=O) groups is 1. The highest BCUT2D eigenvalue weighted by molar-refractivity contribution is 7.89. The van der Waals surface area contributed by atoms with Crippen LogP contribution in [-0.2, 0) is 21.4 Å². The number of hydrogen-bond donors (Lipinski definition) is 1. The van der Waals surface area contributed by atoms with Crippen molar-refractivity contribution in [3.05, 3.63) is 88.9 Å². The van der Waals surface area contributed by atoms with Crippen molar-refractivity contribution in [2.24, 2.45) is 5.10 Å². The molecule has 1 N–H and O–H groups in total. The summed E-state index contributed by atoms with van der Waals surface area (Å²) in [6.45, 7) is 1.96. The molecule has 0 aliphatic heterocycles. The summed E-state index contributed by atoms with van der Waals surface area (Å²) >= 11 is 5.90. The number of hydrogen-bond acceptors (Lipinski definition) is 6. The van der Waals surface area contributed by atoms with Gasteiger partial charge in [0.15, 0.2) is 11.5 Å². The molecule has 3 aromatic rings. The Kier molecular flexibility index (Phi) is 9.25. The van der Waals surface area contributed by atoms with Gasteiger partial charge in [-0.25, -0.2) is 13.8 Å². The number of methoxy groups -OCH3 is 1. The standard InChI is InChI=1S/C25H26ClN3O5S/c1-3-34-23-14-9-20(15-24(23)33-2)16-27-28-25(30)18-29(17-19-7-5-4-6-8-19)35(31,32)22-12-10-21(26)11-13-22/h4-16H,3,17-18H2,1-2H3,(H,28,30)/b27-16-. The molecule has 0 fully saturated rings. The molecular formula is C25H26ClN3O5S. The fourth-order valence-electron chi connectivity index (χ4n) is 3.18. The highest BCUT2D eigenvalue weighted by Gasteiger charge is 2.27. The number of amides is 1. The van der Waals surface area contributed by atoms with Crippen LogP contribution in [0.15, 0.2) is 82.8 Å². The van der Waals surface area contributed by atoms with Crippen LogP contribution in [0.3, 0.4) is 0 Å². The zero-order valence-electron chi connectivity index (χ0n) is 19.3. The number of carbonyl (C=O) groups excluding carboxylic acids is 1. The summed E-state index contributed by atoms with van der Waals surface area (Å²) < 4.78 is 38.4. The molecule has 3 rings (SSSR count). The molecule has 0 bridgehead atoms. The van der Waals surface area contributed by atoms with Crippen molar-refractivity contribution in [1.82, 2.24) is 9.73 Å². The highest BCUT2D eigenvalue weighted by atomic mass is 35.5. The minimum atomic E-state index is -3.98. The van der Waals surface area contributed by atoms with E-state index < -0.39 is 22.5 Å². The third-order valence-electron chi connectivity index (χ3n) is 4.86. The van der Waals surface area contributed by atoms with Crippen LogP contribution in [0.4, 0.5) is 0 Å². The summed E-state index contributed by atoms with van der Waals surface area (Å²) in [4.78, 5) is 12.7. The average molecular weight is 516 g/mol. The summed E-state index contributed by atoms with van der Waals surface area (Å²) in [5, 5.41) is 4.37. The lowest BCUT2D eigenvalue weighted by Crippen LogP contribution is -2.39. The Balaban J connectivity index is 1.74. The van der Waals surface area contributed by atoms with Crippen molar-refractivity contribution in [3.63, 3.8) is 0 Å². The van der Waals surface area contributed by atoms with Crippen LogP contribution < -0.4 is 14.9 Å². The van der Waals surface area contributed by atoms with Gasteiger partial charge >= 0.3 is 0 Å². The highest BCUT2D eigenvalue weighted by Crippen LogP contribution is 2.27. The summed E-state index contributed by atoms with van der Waals surface area (Å²) in [7, 11) is -2.45. The van der Waals surface area contributed by atoms with Gasteiger partial charge in [-0.3, -0.25) is 4.79 Å². The minimum absolute atomic E-state index is 0.0129. The van der Waals surface area contributed by atoms with Crippen LogP contribution in [0.25, 0.3) is 0 Å². The molecule has 35 heavy (non-hydrogen) atoms. The Bertz CT molecular complexity index is 1270. The van der Waals surface area contributed by atoms with Crippen molar-refractivity contribution in [2.45, 2.75) is 18.4 Å². The van der Waals surface area contributed by atoms with Crippen LogP contribution in [-0.4, -0.2) is 45.1 Å². The van der Waals surface area contributed by atoms with Crippen LogP contribution in [0.1, 0.15) is 18.1 Å². The molecule has 0 aliphatic rings. The van der Waals surface area contributed by atoms with E-state index in [2.05, 4.69) is 10.5 Å². The van der Waals surface area contributed by atoms with E-state index in [0.29, 0.717) is 28.7 Å².